The van der Waals surface area contributed by atoms with E-state index in [-0.39, 0.29) is 11.9 Å². The van der Waals surface area contributed by atoms with Gasteiger partial charge in [-0.05, 0) is 25.1 Å². The van der Waals surface area contributed by atoms with Crippen molar-refractivity contribution >= 4 is 5.91 Å². The second-order valence-corrected chi connectivity index (χ2v) is 3.12. The summed E-state index contributed by atoms with van der Waals surface area (Å²) >= 11 is 0. The van der Waals surface area contributed by atoms with Crippen molar-refractivity contribution < 1.29 is 9.18 Å². The summed E-state index contributed by atoms with van der Waals surface area (Å²) in [6, 6.07) is 5.44. The van der Waals surface area contributed by atoms with E-state index in [0.717, 1.165) is 0 Å². The van der Waals surface area contributed by atoms with E-state index in [1.807, 2.05) is 0 Å². The van der Waals surface area contributed by atoms with Crippen molar-refractivity contribution in [1.29, 1.82) is 0 Å². The van der Waals surface area contributed by atoms with E-state index in [2.05, 4.69) is 5.32 Å². The van der Waals surface area contributed by atoms with Crippen LogP contribution in [-0.4, -0.2) is 18.5 Å². The monoisotopic (exact) mass is 196 g/mol. The van der Waals surface area contributed by atoms with E-state index < -0.39 is 5.82 Å². The molecule has 1 aromatic carbocycles. The lowest BCUT2D eigenvalue weighted by atomic mass is 10.2. The van der Waals surface area contributed by atoms with Gasteiger partial charge in [0, 0.05) is 18.2 Å². The van der Waals surface area contributed by atoms with Gasteiger partial charge < -0.3 is 11.1 Å². The molecule has 0 fully saturated rings. The Morgan fingerprint density at radius 3 is 2.93 bits per heavy atom. The summed E-state index contributed by atoms with van der Waals surface area (Å²) in [6.07, 6.45) is 0. The van der Waals surface area contributed by atoms with Gasteiger partial charge in [0.15, 0.2) is 0 Å². The van der Waals surface area contributed by atoms with Gasteiger partial charge in [-0.25, -0.2) is 4.39 Å². The molecule has 1 atom stereocenters. The fraction of sp³-hybridized carbons (Fsp3) is 0.300. The van der Waals surface area contributed by atoms with E-state index in [1.165, 1.54) is 18.2 Å². The van der Waals surface area contributed by atoms with Gasteiger partial charge in [-0.2, -0.15) is 0 Å². The van der Waals surface area contributed by atoms with Gasteiger partial charge in [-0.15, -0.1) is 0 Å². The van der Waals surface area contributed by atoms with Crippen molar-refractivity contribution in [1.82, 2.24) is 5.32 Å². The predicted molar refractivity (Wildman–Crippen MR) is 52.4 cm³/mol. The third-order valence-electron chi connectivity index (χ3n) is 1.82. The van der Waals surface area contributed by atoms with Crippen molar-refractivity contribution in [2.45, 2.75) is 13.0 Å². The number of nitrogens with two attached hydrogens (primary N) is 1. The molecule has 3 N–H and O–H groups in total. The Bertz CT molecular complexity index is 328. The highest BCUT2D eigenvalue weighted by Crippen LogP contribution is 2.03. The highest BCUT2D eigenvalue weighted by Gasteiger charge is 2.08. The molecule has 4 heteroatoms. The summed E-state index contributed by atoms with van der Waals surface area (Å²) in [5.41, 5.74) is 5.65. The maximum atomic E-state index is 12.7. The van der Waals surface area contributed by atoms with E-state index in [9.17, 15) is 9.18 Å². The average molecular weight is 196 g/mol. The molecule has 0 heterocycles. The van der Waals surface area contributed by atoms with Crippen LogP contribution in [-0.2, 0) is 0 Å². The van der Waals surface area contributed by atoms with Gasteiger partial charge in [-0.1, -0.05) is 6.07 Å². The van der Waals surface area contributed by atoms with Crippen molar-refractivity contribution in [3.05, 3.63) is 35.6 Å². The molecule has 0 aliphatic carbocycles. The van der Waals surface area contributed by atoms with E-state index in [4.69, 9.17) is 5.73 Å². The van der Waals surface area contributed by atoms with Crippen LogP contribution in [0.15, 0.2) is 24.3 Å². The van der Waals surface area contributed by atoms with Crippen LogP contribution in [0.5, 0.6) is 0 Å². The predicted octanol–water partition coefficient (Wildman–Crippen LogP) is 0.903. The largest absolute Gasteiger partial charge is 0.348 e. The molecular formula is C10H13FN2O. The maximum Gasteiger partial charge on any atom is 0.251 e. The molecule has 0 aromatic heterocycles. The number of carbonyl (C=O) groups is 1. The first kappa shape index (κ1) is 10.7. The second kappa shape index (κ2) is 4.72. The molecular weight excluding hydrogens is 183 g/mol. The van der Waals surface area contributed by atoms with Crippen LogP contribution < -0.4 is 11.1 Å². The first-order valence-corrected chi connectivity index (χ1v) is 4.40. The normalized spacial score (nSPS) is 12.2. The average Bonchev–Trinajstić information content (AvgIpc) is 2.17. The van der Waals surface area contributed by atoms with Gasteiger partial charge >= 0.3 is 0 Å². The van der Waals surface area contributed by atoms with Crippen LogP contribution >= 0.6 is 0 Å². The SMILES string of the molecule is CC(CN)NC(=O)c1cccc(F)c1. The topological polar surface area (TPSA) is 55.1 Å². The zero-order valence-electron chi connectivity index (χ0n) is 7.96. The number of hydrogen-bond acceptors (Lipinski definition) is 2. The van der Waals surface area contributed by atoms with Crippen LogP contribution in [0.25, 0.3) is 0 Å². The molecule has 1 aromatic rings. The number of benzene rings is 1. The number of halogens is 1. The van der Waals surface area contributed by atoms with Crippen LogP contribution in [0.4, 0.5) is 4.39 Å². The lowest BCUT2D eigenvalue weighted by Crippen LogP contribution is -2.37. The highest BCUT2D eigenvalue weighted by molar-refractivity contribution is 5.94. The van der Waals surface area contributed by atoms with Crippen LogP contribution in [0.1, 0.15) is 17.3 Å². The molecule has 14 heavy (non-hydrogen) atoms. The first-order chi connectivity index (χ1) is 6.63. The van der Waals surface area contributed by atoms with Crippen molar-refractivity contribution in [2.24, 2.45) is 5.73 Å². The molecule has 0 saturated heterocycles. The number of carbonyl (C=O) groups excluding carboxylic acids is 1. The Hall–Kier alpha value is -1.42. The third kappa shape index (κ3) is 2.81. The summed E-state index contributed by atoms with van der Waals surface area (Å²) in [6.45, 7) is 2.15. The van der Waals surface area contributed by atoms with Crippen LogP contribution in [0, 0.1) is 5.82 Å². The van der Waals surface area contributed by atoms with E-state index in [1.54, 1.807) is 13.0 Å². The minimum Gasteiger partial charge on any atom is -0.348 e. The summed E-state index contributed by atoms with van der Waals surface area (Å²) in [7, 11) is 0. The summed E-state index contributed by atoms with van der Waals surface area (Å²) < 4.78 is 12.7. The molecule has 3 nitrogen and oxygen atoms in total. The Morgan fingerprint density at radius 2 is 2.36 bits per heavy atom. The molecule has 0 aliphatic heterocycles. The molecule has 1 amide bonds. The van der Waals surface area contributed by atoms with Gasteiger partial charge in [0.05, 0.1) is 0 Å². The Balaban J connectivity index is 2.70. The standard InChI is InChI=1S/C10H13FN2O/c1-7(6-12)13-10(14)8-3-2-4-9(11)5-8/h2-5,7H,6,12H2,1H3,(H,13,14). The second-order valence-electron chi connectivity index (χ2n) is 3.12. The molecule has 0 saturated carbocycles. The van der Waals surface area contributed by atoms with Gasteiger partial charge in [-0.3, -0.25) is 4.79 Å². The third-order valence-corrected chi connectivity index (χ3v) is 1.82. The molecule has 0 radical (unpaired) electrons. The lowest BCUT2D eigenvalue weighted by molar-refractivity contribution is 0.0941. The summed E-state index contributed by atoms with van der Waals surface area (Å²) in [5.74, 6) is -0.722. The molecule has 0 bridgehead atoms. The fourth-order valence-corrected chi connectivity index (χ4v) is 0.996. The Morgan fingerprint density at radius 1 is 1.64 bits per heavy atom. The molecule has 76 valence electrons. The van der Waals surface area contributed by atoms with Gasteiger partial charge in [0.1, 0.15) is 5.82 Å². The number of rotatable bonds is 3. The van der Waals surface area contributed by atoms with Crippen molar-refractivity contribution in [3.63, 3.8) is 0 Å². The number of nitrogens with one attached hydrogen (secondary N) is 1. The minimum absolute atomic E-state index is 0.106. The summed E-state index contributed by atoms with van der Waals surface area (Å²) in [4.78, 5) is 11.4. The fourth-order valence-electron chi connectivity index (χ4n) is 0.996. The van der Waals surface area contributed by atoms with Crippen molar-refractivity contribution in [2.75, 3.05) is 6.54 Å². The quantitative estimate of drug-likeness (QED) is 0.754. The number of hydrogen-bond donors (Lipinski definition) is 2. The first-order valence-electron chi connectivity index (χ1n) is 4.40. The van der Waals surface area contributed by atoms with Crippen LogP contribution in [0.2, 0.25) is 0 Å². The summed E-state index contributed by atoms with van der Waals surface area (Å²) in [5, 5.41) is 2.64. The van der Waals surface area contributed by atoms with E-state index >= 15 is 0 Å². The molecule has 0 aliphatic rings. The smallest absolute Gasteiger partial charge is 0.251 e. The lowest BCUT2D eigenvalue weighted by Gasteiger charge is -2.10. The van der Waals surface area contributed by atoms with E-state index in [0.29, 0.717) is 12.1 Å². The molecule has 1 unspecified atom stereocenters. The maximum absolute atomic E-state index is 12.7. The van der Waals surface area contributed by atoms with Gasteiger partial charge in [0.25, 0.3) is 5.91 Å². The molecule has 1 rings (SSSR count). The van der Waals surface area contributed by atoms with Gasteiger partial charge in [0.2, 0.25) is 0 Å². The van der Waals surface area contributed by atoms with Crippen molar-refractivity contribution in [3.8, 4) is 0 Å². The number of amides is 1. The zero-order valence-corrected chi connectivity index (χ0v) is 7.96. The highest BCUT2D eigenvalue weighted by atomic mass is 19.1. The zero-order chi connectivity index (χ0) is 10.6. The Kier molecular flexibility index (Phi) is 3.59. The minimum atomic E-state index is -0.418. The van der Waals surface area contributed by atoms with Crippen LogP contribution in [0.3, 0.4) is 0 Å². The molecule has 0 spiro atoms. The Labute approximate surface area is 82.1 Å².